The van der Waals surface area contributed by atoms with E-state index in [9.17, 15) is 10.1 Å². The predicted octanol–water partition coefficient (Wildman–Crippen LogP) is 2.53. The molecule has 0 aromatic heterocycles. The summed E-state index contributed by atoms with van der Waals surface area (Å²) >= 11 is 0. The lowest BCUT2D eigenvalue weighted by Crippen LogP contribution is -2.27. The molecule has 2 aliphatic rings. The van der Waals surface area contributed by atoms with Crippen LogP contribution in [0.5, 0.6) is 17.2 Å². The summed E-state index contributed by atoms with van der Waals surface area (Å²) in [4.78, 5) is 12.7. The zero-order valence-corrected chi connectivity index (χ0v) is 14.9. The summed E-state index contributed by atoms with van der Waals surface area (Å²) in [6.07, 6.45) is 1.71. The van der Waals surface area contributed by atoms with Crippen molar-refractivity contribution in [3.63, 3.8) is 0 Å². The Morgan fingerprint density at radius 2 is 1.77 bits per heavy atom. The number of Topliss-reactive ketones (excluding diaryl/α,β-unsaturated/α-hetero) is 1. The van der Waals surface area contributed by atoms with Crippen LogP contribution in [0, 0.1) is 11.3 Å². The largest absolute Gasteiger partial charge is 0.496 e. The number of carbonyl (C=O) groups excluding carboxylic acids is 1. The number of nitrogens with zero attached hydrogens (tertiary/aromatic N) is 1. The first-order valence-corrected chi connectivity index (χ1v) is 8.19. The maximum Gasteiger partial charge on any atom is 0.205 e. The number of benzene rings is 1. The smallest absolute Gasteiger partial charge is 0.205 e. The molecule has 1 aromatic rings. The van der Waals surface area contributed by atoms with Gasteiger partial charge in [-0.25, -0.2) is 0 Å². The second kappa shape index (κ2) is 7.00. The fourth-order valence-electron chi connectivity index (χ4n) is 3.45. The summed E-state index contributed by atoms with van der Waals surface area (Å²) in [6.45, 7) is 0. The lowest BCUT2D eigenvalue weighted by molar-refractivity contribution is -0.116. The average molecular weight is 356 g/mol. The van der Waals surface area contributed by atoms with Crippen molar-refractivity contribution in [2.24, 2.45) is 5.73 Å². The third kappa shape index (κ3) is 2.73. The van der Waals surface area contributed by atoms with Gasteiger partial charge in [-0.3, -0.25) is 4.79 Å². The van der Waals surface area contributed by atoms with Crippen LogP contribution in [-0.4, -0.2) is 27.1 Å². The van der Waals surface area contributed by atoms with Gasteiger partial charge in [0.25, 0.3) is 0 Å². The molecule has 0 amide bonds. The lowest BCUT2D eigenvalue weighted by Gasteiger charge is -2.31. The van der Waals surface area contributed by atoms with Gasteiger partial charge in [-0.1, -0.05) is 0 Å². The monoisotopic (exact) mass is 356 g/mol. The molecule has 2 N–H and O–H groups in total. The number of hydrogen-bond donors (Lipinski definition) is 1. The average Bonchev–Trinajstić information content (AvgIpc) is 2.65. The van der Waals surface area contributed by atoms with Gasteiger partial charge in [-0.05, 0) is 12.5 Å². The van der Waals surface area contributed by atoms with Gasteiger partial charge in [0.05, 0.1) is 27.2 Å². The molecule has 0 spiro atoms. The summed E-state index contributed by atoms with van der Waals surface area (Å²) in [5.41, 5.74) is 7.24. The topological polar surface area (TPSA) is 104 Å². The van der Waals surface area contributed by atoms with E-state index in [0.717, 1.165) is 0 Å². The highest BCUT2D eigenvalue weighted by atomic mass is 16.5. The summed E-state index contributed by atoms with van der Waals surface area (Å²) in [7, 11) is 4.56. The fraction of sp³-hybridized carbons (Fsp3) is 0.368. The summed E-state index contributed by atoms with van der Waals surface area (Å²) in [6, 6.07) is 5.47. The summed E-state index contributed by atoms with van der Waals surface area (Å²) < 4.78 is 21.8. The van der Waals surface area contributed by atoms with Crippen LogP contribution in [0.2, 0.25) is 0 Å². The van der Waals surface area contributed by atoms with Crippen molar-refractivity contribution in [2.75, 3.05) is 21.3 Å². The number of rotatable bonds is 4. The molecule has 0 saturated heterocycles. The molecule has 0 fully saturated rings. The van der Waals surface area contributed by atoms with E-state index in [1.54, 1.807) is 12.1 Å². The van der Waals surface area contributed by atoms with Gasteiger partial charge in [-0.15, -0.1) is 0 Å². The Labute approximate surface area is 151 Å². The maximum absolute atomic E-state index is 12.7. The van der Waals surface area contributed by atoms with Crippen molar-refractivity contribution in [3.05, 3.63) is 40.5 Å². The zero-order chi connectivity index (χ0) is 18.8. The number of nitrogens with two attached hydrogens (primary N) is 1. The number of carbonyl (C=O) groups is 1. The van der Waals surface area contributed by atoms with Crippen LogP contribution >= 0.6 is 0 Å². The Hall–Kier alpha value is -3.14. The summed E-state index contributed by atoms with van der Waals surface area (Å²) in [5.74, 6) is 1.26. The zero-order valence-electron chi connectivity index (χ0n) is 14.9. The molecule has 0 saturated carbocycles. The Morgan fingerprint density at radius 3 is 2.38 bits per heavy atom. The third-order valence-electron chi connectivity index (χ3n) is 4.65. The SMILES string of the molecule is COc1cc(OC)c(C2C(C#N)=C(N)OC3=C2C(=O)CCC3)cc1OC. The number of allylic oxidation sites excluding steroid dienone is 3. The van der Waals surface area contributed by atoms with Gasteiger partial charge in [-0.2, -0.15) is 5.26 Å². The van der Waals surface area contributed by atoms with Crippen molar-refractivity contribution < 1.29 is 23.7 Å². The van der Waals surface area contributed by atoms with E-state index >= 15 is 0 Å². The molecule has 136 valence electrons. The first-order valence-electron chi connectivity index (χ1n) is 8.19. The molecule has 7 nitrogen and oxygen atoms in total. The molecule has 7 heteroatoms. The standard InChI is InChI=1S/C19H20N2O5/c1-23-14-8-16(25-3)15(24-2)7-10(14)17-11(9-20)19(21)26-13-6-4-5-12(22)18(13)17/h7-8,17H,4-6,21H2,1-3H3. The number of nitriles is 1. The van der Waals surface area contributed by atoms with Crippen LogP contribution in [0.3, 0.4) is 0 Å². The van der Waals surface area contributed by atoms with Crippen molar-refractivity contribution in [2.45, 2.75) is 25.2 Å². The van der Waals surface area contributed by atoms with Gasteiger partial charge in [0, 0.05) is 30.0 Å². The Kier molecular flexibility index (Phi) is 4.76. The van der Waals surface area contributed by atoms with E-state index in [4.69, 9.17) is 24.7 Å². The quantitative estimate of drug-likeness (QED) is 0.884. The van der Waals surface area contributed by atoms with E-state index in [1.165, 1.54) is 21.3 Å². The highest BCUT2D eigenvalue weighted by Gasteiger charge is 2.39. The van der Waals surface area contributed by atoms with Crippen molar-refractivity contribution in [1.29, 1.82) is 5.26 Å². The highest BCUT2D eigenvalue weighted by Crippen LogP contribution is 2.48. The van der Waals surface area contributed by atoms with Crippen LogP contribution < -0.4 is 19.9 Å². The minimum Gasteiger partial charge on any atom is -0.496 e. The van der Waals surface area contributed by atoms with Crippen LogP contribution in [0.4, 0.5) is 0 Å². The van der Waals surface area contributed by atoms with Crippen LogP contribution in [-0.2, 0) is 9.53 Å². The first kappa shape index (κ1) is 17.7. The number of ketones is 1. The second-order valence-electron chi connectivity index (χ2n) is 5.99. The molecular weight excluding hydrogens is 336 g/mol. The number of ether oxygens (including phenoxy) is 4. The summed E-state index contributed by atoms with van der Waals surface area (Å²) in [5, 5.41) is 9.66. The fourth-order valence-corrected chi connectivity index (χ4v) is 3.45. The van der Waals surface area contributed by atoms with Gasteiger partial charge in [0.2, 0.25) is 5.88 Å². The minimum absolute atomic E-state index is 0.0165. The van der Waals surface area contributed by atoms with E-state index < -0.39 is 5.92 Å². The minimum atomic E-state index is -0.661. The first-order chi connectivity index (χ1) is 12.5. The molecule has 1 aliphatic carbocycles. The van der Waals surface area contributed by atoms with Gasteiger partial charge in [0.15, 0.2) is 17.3 Å². The van der Waals surface area contributed by atoms with Crippen molar-refractivity contribution in [1.82, 2.24) is 0 Å². The molecular formula is C19H20N2O5. The third-order valence-corrected chi connectivity index (χ3v) is 4.65. The molecule has 0 bridgehead atoms. The van der Waals surface area contributed by atoms with Crippen molar-refractivity contribution in [3.8, 4) is 23.3 Å². The molecule has 1 aliphatic heterocycles. The van der Waals surface area contributed by atoms with Gasteiger partial charge >= 0.3 is 0 Å². The highest BCUT2D eigenvalue weighted by molar-refractivity contribution is 5.99. The molecule has 1 atom stereocenters. The maximum atomic E-state index is 12.7. The number of methoxy groups -OCH3 is 3. The second-order valence-corrected chi connectivity index (χ2v) is 5.99. The normalized spacial score (nSPS) is 19.5. The van der Waals surface area contributed by atoms with E-state index in [1.807, 2.05) is 0 Å². The Morgan fingerprint density at radius 1 is 1.12 bits per heavy atom. The van der Waals surface area contributed by atoms with Crippen LogP contribution in [0.15, 0.2) is 34.9 Å². The van der Waals surface area contributed by atoms with E-state index in [-0.39, 0.29) is 17.2 Å². The van der Waals surface area contributed by atoms with Gasteiger partial charge < -0.3 is 24.7 Å². The molecule has 26 heavy (non-hydrogen) atoms. The van der Waals surface area contributed by atoms with Crippen molar-refractivity contribution >= 4 is 5.78 Å². The Balaban J connectivity index is 2.27. The molecule has 3 rings (SSSR count). The predicted molar refractivity (Wildman–Crippen MR) is 92.6 cm³/mol. The van der Waals surface area contributed by atoms with Crippen LogP contribution in [0.25, 0.3) is 0 Å². The van der Waals surface area contributed by atoms with E-state index in [0.29, 0.717) is 53.4 Å². The lowest BCUT2D eigenvalue weighted by atomic mass is 9.77. The van der Waals surface area contributed by atoms with E-state index in [2.05, 4.69) is 6.07 Å². The molecule has 1 aromatic carbocycles. The number of hydrogen-bond acceptors (Lipinski definition) is 7. The Bertz CT molecular complexity index is 863. The molecule has 1 unspecified atom stereocenters. The molecule has 0 radical (unpaired) electrons. The molecule has 1 heterocycles. The van der Waals surface area contributed by atoms with Gasteiger partial charge in [0.1, 0.15) is 23.2 Å². The van der Waals surface area contributed by atoms with Crippen LogP contribution in [0.1, 0.15) is 30.7 Å².